The first-order chi connectivity index (χ1) is 8.56. The Labute approximate surface area is 105 Å². The van der Waals surface area contributed by atoms with E-state index in [9.17, 15) is 9.59 Å². The van der Waals surface area contributed by atoms with Gasteiger partial charge in [-0.1, -0.05) is 0 Å². The molecule has 0 unspecified atom stereocenters. The van der Waals surface area contributed by atoms with Gasteiger partial charge in [0.15, 0.2) is 0 Å². The quantitative estimate of drug-likeness (QED) is 0.843. The SMILES string of the molecule is COc1ccc(NC(C)=O)cc1NC(=O)CC#N. The van der Waals surface area contributed by atoms with Crippen molar-refractivity contribution >= 4 is 23.2 Å². The third kappa shape index (κ3) is 3.79. The minimum atomic E-state index is -0.434. The topological polar surface area (TPSA) is 91.2 Å². The van der Waals surface area contributed by atoms with Crippen molar-refractivity contribution < 1.29 is 14.3 Å². The van der Waals surface area contributed by atoms with Crippen LogP contribution in [-0.4, -0.2) is 18.9 Å². The molecule has 6 heteroatoms. The van der Waals surface area contributed by atoms with Crippen LogP contribution in [0.4, 0.5) is 11.4 Å². The highest BCUT2D eigenvalue weighted by Gasteiger charge is 2.08. The summed E-state index contributed by atoms with van der Waals surface area (Å²) in [6, 6.07) is 6.59. The van der Waals surface area contributed by atoms with E-state index < -0.39 is 5.91 Å². The molecular weight excluding hydrogens is 234 g/mol. The standard InChI is InChI=1S/C12H13N3O3/c1-8(16)14-9-3-4-11(18-2)10(7-9)15-12(17)5-6-13/h3-4,7H,5H2,1-2H3,(H,14,16)(H,15,17). The molecule has 0 aliphatic carbocycles. The number of amides is 2. The van der Waals surface area contributed by atoms with Gasteiger partial charge in [-0.25, -0.2) is 0 Å². The molecule has 0 aliphatic rings. The van der Waals surface area contributed by atoms with Crippen LogP contribution in [0, 0.1) is 11.3 Å². The van der Waals surface area contributed by atoms with Gasteiger partial charge in [0, 0.05) is 12.6 Å². The highest BCUT2D eigenvalue weighted by atomic mass is 16.5. The van der Waals surface area contributed by atoms with Gasteiger partial charge in [-0.3, -0.25) is 9.59 Å². The maximum Gasteiger partial charge on any atom is 0.238 e. The van der Waals surface area contributed by atoms with Crippen LogP contribution < -0.4 is 15.4 Å². The number of methoxy groups -OCH3 is 1. The van der Waals surface area contributed by atoms with Gasteiger partial charge >= 0.3 is 0 Å². The third-order valence-electron chi connectivity index (χ3n) is 2.03. The average molecular weight is 247 g/mol. The maximum atomic E-state index is 11.3. The number of carbonyl (C=O) groups is 2. The van der Waals surface area contributed by atoms with E-state index in [-0.39, 0.29) is 12.3 Å². The average Bonchev–Trinajstić information content (AvgIpc) is 2.28. The Hall–Kier alpha value is -2.55. The molecule has 0 heterocycles. The van der Waals surface area contributed by atoms with Gasteiger partial charge in [-0.2, -0.15) is 5.26 Å². The van der Waals surface area contributed by atoms with E-state index in [1.165, 1.54) is 14.0 Å². The number of hydrogen-bond donors (Lipinski definition) is 2. The maximum absolute atomic E-state index is 11.3. The van der Waals surface area contributed by atoms with Crippen LogP contribution in [0.25, 0.3) is 0 Å². The highest BCUT2D eigenvalue weighted by molar-refractivity contribution is 5.95. The molecular formula is C12H13N3O3. The van der Waals surface area contributed by atoms with Gasteiger partial charge in [-0.15, -0.1) is 0 Å². The van der Waals surface area contributed by atoms with Crippen LogP contribution in [0.1, 0.15) is 13.3 Å². The number of rotatable bonds is 4. The molecule has 1 rings (SSSR count). The van der Waals surface area contributed by atoms with Gasteiger partial charge in [0.2, 0.25) is 11.8 Å². The van der Waals surface area contributed by atoms with Gasteiger partial charge in [-0.05, 0) is 18.2 Å². The molecule has 0 spiro atoms. The lowest BCUT2D eigenvalue weighted by Gasteiger charge is -2.11. The molecule has 0 aliphatic heterocycles. The van der Waals surface area contributed by atoms with Gasteiger partial charge in [0.25, 0.3) is 0 Å². The number of hydrogen-bond acceptors (Lipinski definition) is 4. The molecule has 0 bridgehead atoms. The second kappa shape index (κ2) is 6.25. The number of anilines is 2. The minimum Gasteiger partial charge on any atom is -0.495 e. The van der Waals surface area contributed by atoms with Crippen LogP contribution in [0.3, 0.4) is 0 Å². The summed E-state index contributed by atoms with van der Waals surface area (Å²) in [5.41, 5.74) is 0.944. The fourth-order valence-electron chi connectivity index (χ4n) is 1.35. The Bertz CT molecular complexity index is 506. The Morgan fingerprint density at radius 3 is 2.67 bits per heavy atom. The molecule has 2 N–H and O–H groups in total. The van der Waals surface area contributed by atoms with Crippen molar-refractivity contribution in [2.75, 3.05) is 17.7 Å². The van der Waals surface area contributed by atoms with E-state index in [0.717, 1.165) is 0 Å². The molecule has 0 atom stereocenters. The Morgan fingerprint density at radius 2 is 2.11 bits per heavy atom. The highest BCUT2D eigenvalue weighted by Crippen LogP contribution is 2.27. The second-order valence-electron chi connectivity index (χ2n) is 3.48. The molecule has 0 fully saturated rings. The summed E-state index contributed by atoms with van der Waals surface area (Å²) in [6.45, 7) is 1.39. The first-order valence-electron chi connectivity index (χ1n) is 5.19. The van der Waals surface area contributed by atoms with Crippen LogP contribution >= 0.6 is 0 Å². The first kappa shape index (κ1) is 13.5. The van der Waals surface area contributed by atoms with Gasteiger partial charge in [0.1, 0.15) is 12.2 Å². The Kier molecular flexibility index (Phi) is 4.69. The lowest BCUT2D eigenvalue weighted by molar-refractivity contribution is -0.115. The molecule has 0 saturated carbocycles. The number of nitrogens with zero attached hydrogens (tertiary/aromatic N) is 1. The molecule has 1 aromatic rings. The summed E-state index contributed by atoms with van der Waals surface area (Å²) in [6.07, 6.45) is -0.243. The first-order valence-corrected chi connectivity index (χ1v) is 5.19. The largest absolute Gasteiger partial charge is 0.495 e. The van der Waals surface area contributed by atoms with Crippen molar-refractivity contribution in [1.29, 1.82) is 5.26 Å². The van der Waals surface area contributed by atoms with E-state index in [1.54, 1.807) is 24.3 Å². The Balaban J connectivity index is 2.95. The summed E-state index contributed by atoms with van der Waals surface area (Å²) in [4.78, 5) is 22.3. The summed E-state index contributed by atoms with van der Waals surface area (Å²) in [5, 5.41) is 13.5. The lowest BCUT2D eigenvalue weighted by atomic mass is 10.2. The second-order valence-corrected chi connectivity index (χ2v) is 3.48. The van der Waals surface area contributed by atoms with E-state index in [2.05, 4.69) is 10.6 Å². The van der Waals surface area contributed by atoms with Crippen molar-refractivity contribution in [1.82, 2.24) is 0 Å². The van der Waals surface area contributed by atoms with E-state index in [4.69, 9.17) is 10.00 Å². The summed E-state index contributed by atoms with van der Waals surface area (Å²) in [5.74, 6) is -0.194. The number of nitriles is 1. The summed E-state index contributed by atoms with van der Waals surface area (Å²) < 4.78 is 5.07. The molecule has 18 heavy (non-hydrogen) atoms. The molecule has 6 nitrogen and oxygen atoms in total. The van der Waals surface area contributed by atoms with Crippen molar-refractivity contribution in [2.24, 2.45) is 0 Å². The zero-order valence-corrected chi connectivity index (χ0v) is 10.1. The zero-order valence-electron chi connectivity index (χ0n) is 10.1. The van der Waals surface area contributed by atoms with Crippen LogP contribution in [0.2, 0.25) is 0 Å². The van der Waals surface area contributed by atoms with Crippen LogP contribution in [0.15, 0.2) is 18.2 Å². The van der Waals surface area contributed by atoms with Crippen LogP contribution in [-0.2, 0) is 9.59 Å². The zero-order chi connectivity index (χ0) is 13.5. The van der Waals surface area contributed by atoms with Crippen molar-refractivity contribution in [3.8, 4) is 11.8 Å². The normalized spacial score (nSPS) is 9.17. The number of ether oxygens (including phenoxy) is 1. The van der Waals surface area contributed by atoms with Crippen molar-refractivity contribution in [2.45, 2.75) is 13.3 Å². The molecule has 2 amide bonds. The molecule has 94 valence electrons. The molecule has 0 aromatic heterocycles. The molecule has 0 radical (unpaired) electrons. The lowest BCUT2D eigenvalue weighted by Crippen LogP contribution is -2.12. The van der Waals surface area contributed by atoms with Crippen LogP contribution in [0.5, 0.6) is 5.75 Å². The predicted octanol–water partition coefficient (Wildman–Crippen LogP) is 1.51. The van der Waals surface area contributed by atoms with E-state index in [0.29, 0.717) is 17.1 Å². The minimum absolute atomic E-state index is 0.213. The summed E-state index contributed by atoms with van der Waals surface area (Å²) in [7, 11) is 1.47. The number of benzene rings is 1. The van der Waals surface area contributed by atoms with E-state index >= 15 is 0 Å². The fourth-order valence-corrected chi connectivity index (χ4v) is 1.35. The smallest absolute Gasteiger partial charge is 0.238 e. The number of nitrogens with one attached hydrogen (secondary N) is 2. The van der Waals surface area contributed by atoms with Crippen molar-refractivity contribution in [3.63, 3.8) is 0 Å². The monoisotopic (exact) mass is 247 g/mol. The molecule has 0 saturated heterocycles. The summed E-state index contributed by atoms with van der Waals surface area (Å²) >= 11 is 0. The fraction of sp³-hybridized carbons (Fsp3) is 0.250. The Morgan fingerprint density at radius 1 is 1.39 bits per heavy atom. The van der Waals surface area contributed by atoms with Crippen molar-refractivity contribution in [3.05, 3.63) is 18.2 Å². The van der Waals surface area contributed by atoms with Gasteiger partial charge in [0.05, 0.1) is 18.9 Å². The predicted molar refractivity (Wildman–Crippen MR) is 66.2 cm³/mol. The van der Waals surface area contributed by atoms with Gasteiger partial charge < -0.3 is 15.4 Å². The number of carbonyl (C=O) groups excluding carboxylic acids is 2. The molecule has 1 aromatic carbocycles. The third-order valence-corrected chi connectivity index (χ3v) is 2.03. The van der Waals surface area contributed by atoms with E-state index in [1.807, 2.05) is 0 Å².